The van der Waals surface area contributed by atoms with Crippen molar-refractivity contribution < 1.29 is 13.8 Å². The molecular weight excluding hydrogens is 244 g/mol. The van der Waals surface area contributed by atoms with E-state index >= 15 is 0 Å². The Labute approximate surface area is 95.3 Å². The van der Waals surface area contributed by atoms with E-state index in [4.69, 9.17) is 11.5 Å². The molecule has 0 rings (SSSR count). The average molecular weight is 256 g/mol. The molecule has 0 aliphatic rings. The first kappa shape index (κ1) is 14.1. The van der Waals surface area contributed by atoms with Crippen molar-refractivity contribution in [3.8, 4) is 0 Å². The molecule has 0 aliphatic carbocycles. The van der Waals surface area contributed by atoms with Gasteiger partial charge in [-0.2, -0.15) is 25.3 Å². The molecule has 2 unspecified atom stereocenters. The first-order chi connectivity index (χ1) is 6.45. The van der Waals surface area contributed by atoms with Crippen LogP contribution in [0.4, 0.5) is 0 Å². The van der Waals surface area contributed by atoms with Gasteiger partial charge in [0.2, 0.25) is 10.2 Å². The standard InChI is InChI=1S/C6H12N2O3S3/c7-3(1-12)5(9)14(11)6(10)4(8)2-13/h3-4,12-13H,1-2,7-8H2. The molecule has 0 amide bonds. The number of nitrogens with two attached hydrogens (primary N) is 2. The summed E-state index contributed by atoms with van der Waals surface area (Å²) in [5.74, 6) is 0.0714. The van der Waals surface area contributed by atoms with Gasteiger partial charge < -0.3 is 11.5 Å². The van der Waals surface area contributed by atoms with E-state index in [0.29, 0.717) is 0 Å². The van der Waals surface area contributed by atoms with E-state index in [1.807, 2.05) is 0 Å². The van der Waals surface area contributed by atoms with Crippen molar-refractivity contribution in [1.29, 1.82) is 0 Å². The summed E-state index contributed by atoms with van der Waals surface area (Å²) in [4.78, 5) is 22.3. The van der Waals surface area contributed by atoms with Gasteiger partial charge in [-0.15, -0.1) is 0 Å². The van der Waals surface area contributed by atoms with Gasteiger partial charge in [0.15, 0.2) is 10.8 Å². The lowest BCUT2D eigenvalue weighted by Crippen LogP contribution is -2.43. The molecule has 0 saturated heterocycles. The molecule has 0 spiro atoms. The van der Waals surface area contributed by atoms with Crippen molar-refractivity contribution in [3.63, 3.8) is 0 Å². The highest BCUT2D eigenvalue weighted by atomic mass is 32.2. The van der Waals surface area contributed by atoms with Gasteiger partial charge in [-0.25, -0.2) is 4.21 Å². The lowest BCUT2D eigenvalue weighted by Gasteiger charge is -2.08. The Balaban J connectivity index is 4.48. The van der Waals surface area contributed by atoms with Crippen molar-refractivity contribution >= 4 is 46.3 Å². The molecule has 82 valence electrons. The van der Waals surface area contributed by atoms with E-state index in [2.05, 4.69) is 25.3 Å². The maximum Gasteiger partial charge on any atom is 0.244 e. The molecule has 0 aromatic heterocycles. The highest BCUT2D eigenvalue weighted by Gasteiger charge is 2.28. The van der Waals surface area contributed by atoms with Gasteiger partial charge in [-0.05, 0) is 0 Å². The van der Waals surface area contributed by atoms with Crippen molar-refractivity contribution in [1.82, 2.24) is 0 Å². The molecule has 8 heteroatoms. The monoisotopic (exact) mass is 256 g/mol. The molecule has 0 aromatic carbocycles. The van der Waals surface area contributed by atoms with E-state index in [-0.39, 0.29) is 11.5 Å². The maximum absolute atomic E-state index is 11.2. The second-order valence-corrected chi connectivity index (χ2v) is 4.56. The summed E-state index contributed by atoms with van der Waals surface area (Å²) < 4.78 is 11.2. The smallest absolute Gasteiger partial charge is 0.244 e. The third-order valence-electron chi connectivity index (χ3n) is 1.36. The molecule has 0 aliphatic heterocycles. The summed E-state index contributed by atoms with van der Waals surface area (Å²) in [6.07, 6.45) is 0. The zero-order valence-corrected chi connectivity index (χ0v) is 9.86. The zero-order valence-electron chi connectivity index (χ0n) is 7.25. The van der Waals surface area contributed by atoms with Crippen LogP contribution in [0.5, 0.6) is 0 Å². The fourth-order valence-corrected chi connectivity index (χ4v) is 2.02. The summed E-state index contributed by atoms with van der Waals surface area (Å²) in [6.45, 7) is 0. The van der Waals surface area contributed by atoms with Crippen LogP contribution in [-0.4, -0.2) is 38.0 Å². The summed E-state index contributed by atoms with van der Waals surface area (Å²) in [6, 6.07) is -2.01. The fraction of sp³-hybridized carbons (Fsp3) is 0.667. The molecule has 0 bridgehead atoms. The van der Waals surface area contributed by atoms with Crippen LogP contribution in [0, 0.1) is 0 Å². The Kier molecular flexibility index (Phi) is 6.62. The predicted octanol–water partition coefficient (Wildman–Crippen LogP) is -1.70. The Hall–Kier alpha value is 0.110. The number of hydrogen-bond donors (Lipinski definition) is 4. The first-order valence-electron chi connectivity index (χ1n) is 3.68. The van der Waals surface area contributed by atoms with Crippen LogP contribution >= 0.6 is 25.3 Å². The summed E-state index contributed by atoms with van der Waals surface area (Å²) in [5, 5.41) is -1.69. The maximum atomic E-state index is 11.2. The van der Waals surface area contributed by atoms with Crippen LogP contribution in [0.1, 0.15) is 0 Å². The second-order valence-electron chi connectivity index (χ2n) is 2.48. The van der Waals surface area contributed by atoms with Gasteiger partial charge in [0, 0.05) is 11.5 Å². The first-order valence-corrected chi connectivity index (χ1v) is 6.09. The van der Waals surface area contributed by atoms with Gasteiger partial charge >= 0.3 is 0 Å². The van der Waals surface area contributed by atoms with Gasteiger partial charge in [0.25, 0.3) is 0 Å². The fourth-order valence-electron chi connectivity index (χ4n) is 0.523. The highest BCUT2D eigenvalue weighted by Crippen LogP contribution is 1.98. The van der Waals surface area contributed by atoms with E-state index < -0.39 is 33.1 Å². The Morgan fingerprint density at radius 3 is 1.57 bits per heavy atom. The number of thiol groups is 2. The second kappa shape index (κ2) is 6.57. The third-order valence-corrected chi connectivity index (χ3v) is 3.49. The largest absolute Gasteiger partial charge is 0.320 e. The molecule has 0 radical (unpaired) electrons. The molecule has 4 N–H and O–H groups in total. The van der Waals surface area contributed by atoms with E-state index in [0.717, 1.165) is 0 Å². The zero-order chi connectivity index (χ0) is 11.3. The van der Waals surface area contributed by atoms with Crippen LogP contribution in [0.15, 0.2) is 0 Å². The average Bonchev–Trinajstić information content (AvgIpc) is 2.23. The Morgan fingerprint density at radius 1 is 1.07 bits per heavy atom. The van der Waals surface area contributed by atoms with Crippen LogP contribution in [0.25, 0.3) is 0 Å². The number of rotatable bonds is 4. The predicted molar refractivity (Wildman–Crippen MR) is 61.8 cm³/mol. The molecule has 5 nitrogen and oxygen atoms in total. The molecule has 2 atom stereocenters. The van der Waals surface area contributed by atoms with E-state index in [9.17, 15) is 13.8 Å². The van der Waals surface area contributed by atoms with Crippen LogP contribution in [0.2, 0.25) is 0 Å². The Bertz CT molecular complexity index is 235. The normalized spacial score (nSPS) is 17.1. The van der Waals surface area contributed by atoms with Crippen molar-refractivity contribution in [3.05, 3.63) is 0 Å². The lowest BCUT2D eigenvalue weighted by atomic mass is 10.4. The molecule has 0 aromatic rings. The van der Waals surface area contributed by atoms with Crippen LogP contribution < -0.4 is 11.5 Å². The summed E-state index contributed by atoms with van der Waals surface area (Å²) in [5.41, 5.74) is 10.5. The Morgan fingerprint density at radius 2 is 1.36 bits per heavy atom. The molecule has 0 fully saturated rings. The van der Waals surface area contributed by atoms with Gasteiger partial charge in [0.1, 0.15) is 0 Å². The third kappa shape index (κ3) is 3.70. The van der Waals surface area contributed by atoms with E-state index in [1.165, 1.54) is 0 Å². The topological polar surface area (TPSA) is 103 Å². The molecule has 0 saturated carbocycles. The van der Waals surface area contributed by atoms with Gasteiger partial charge in [0.05, 0.1) is 12.1 Å². The van der Waals surface area contributed by atoms with Crippen LogP contribution in [0.3, 0.4) is 0 Å². The van der Waals surface area contributed by atoms with Crippen LogP contribution in [-0.2, 0) is 20.4 Å². The summed E-state index contributed by atoms with van der Waals surface area (Å²) >= 11 is 7.51. The minimum absolute atomic E-state index is 0.0357. The lowest BCUT2D eigenvalue weighted by molar-refractivity contribution is -0.114. The number of hydrogen-bond acceptors (Lipinski definition) is 7. The SMILES string of the molecule is NC(CS)C(=O)S(=O)C(=O)C(N)CS. The highest BCUT2D eigenvalue weighted by molar-refractivity contribution is 8.13. The van der Waals surface area contributed by atoms with Gasteiger partial charge in [-0.3, -0.25) is 9.59 Å². The van der Waals surface area contributed by atoms with Crippen molar-refractivity contribution in [2.45, 2.75) is 12.1 Å². The minimum atomic E-state index is -2.30. The van der Waals surface area contributed by atoms with Gasteiger partial charge in [-0.1, -0.05) is 0 Å². The van der Waals surface area contributed by atoms with Crippen molar-refractivity contribution in [2.24, 2.45) is 11.5 Å². The molecular formula is C6H12N2O3S3. The molecule has 14 heavy (non-hydrogen) atoms. The van der Waals surface area contributed by atoms with E-state index in [1.54, 1.807) is 0 Å². The molecule has 0 heterocycles. The summed E-state index contributed by atoms with van der Waals surface area (Å²) in [7, 11) is -2.30. The number of carbonyl (C=O) groups is 2. The number of carbonyl (C=O) groups excluding carboxylic acids is 2. The quantitative estimate of drug-likeness (QED) is 0.449. The van der Waals surface area contributed by atoms with Crippen molar-refractivity contribution in [2.75, 3.05) is 11.5 Å². The minimum Gasteiger partial charge on any atom is -0.320 e.